The second kappa shape index (κ2) is 8.25. The van der Waals surface area contributed by atoms with Crippen molar-refractivity contribution in [1.82, 2.24) is 4.90 Å². The molecule has 0 bridgehead atoms. The quantitative estimate of drug-likeness (QED) is 0.601. The lowest BCUT2D eigenvalue weighted by atomic mass is 10.1. The van der Waals surface area contributed by atoms with Crippen molar-refractivity contribution in [3.8, 4) is 6.07 Å². The van der Waals surface area contributed by atoms with Gasteiger partial charge in [-0.1, -0.05) is 13.8 Å². The number of ether oxygens (including phenoxy) is 1. The number of hydrogen-bond donors (Lipinski definition) is 0. The van der Waals surface area contributed by atoms with Gasteiger partial charge in [-0.2, -0.15) is 5.26 Å². The predicted octanol–water partition coefficient (Wildman–Crippen LogP) is 1.56. The molecular formula is C11H20N2O2. The third kappa shape index (κ3) is 5.38. The lowest BCUT2D eigenvalue weighted by Gasteiger charge is -2.27. The fourth-order valence-corrected chi connectivity index (χ4v) is 1.55. The highest BCUT2D eigenvalue weighted by Gasteiger charge is 2.18. The minimum atomic E-state index is -0.236. The Morgan fingerprint density at radius 3 is 2.60 bits per heavy atom. The molecule has 15 heavy (non-hydrogen) atoms. The van der Waals surface area contributed by atoms with Crippen LogP contribution in [0.5, 0.6) is 0 Å². The third-order valence-corrected chi connectivity index (χ3v) is 2.39. The zero-order chi connectivity index (χ0) is 11.7. The minimum absolute atomic E-state index is 0.161. The van der Waals surface area contributed by atoms with Crippen LogP contribution in [-0.2, 0) is 9.53 Å². The summed E-state index contributed by atoms with van der Waals surface area (Å²) in [5.41, 5.74) is 0. The van der Waals surface area contributed by atoms with Crippen LogP contribution in [0.25, 0.3) is 0 Å². The van der Waals surface area contributed by atoms with Crippen LogP contribution in [0.3, 0.4) is 0 Å². The van der Waals surface area contributed by atoms with Crippen molar-refractivity contribution >= 4 is 5.97 Å². The van der Waals surface area contributed by atoms with Crippen LogP contribution in [0.1, 0.15) is 33.1 Å². The summed E-state index contributed by atoms with van der Waals surface area (Å²) in [4.78, 5) is 13.2. The Bertz CT molecular complexity index is 223. The molecule has 0 amide bonds. The molecule has 0 aromatic carbocycles. The monoisotopic (exact) mass is 212 g/mol. The summed E-state index contributed by atoms with van der Waals surface area (Å²) in [5.74, 6) is -0.236. The summed E-state index contributed by atoms with van der Waals surface area (Å²) in [6.07, 6.45) is 2.32. The average molecular weight is 212 g/mol. The first kappa shape index (κ1) is 13.9. The molecule has 0 aliphatic heterocycles. The Kier molecular flexibility index (Phi) is 7.65. The zero-order valence-corrected chi connectivity index (χ0v) is 9.82. The van der Waals surface area contributed by atoms with Crippen LogP contribution < -0.4 is 0 Å². The molecule has 0 spiro atoms. The number of hydrogen-bond acceptors (Lipinski definition) is 4. The molecule has 4 heteroatoms. The van der Waals surface area contributed by atoms with Gasteiger partial charge in [-0.05, 0) is 19.4 Å². The minimum Gasteiger partial charge on any atom is -0.468 e. The van der Waals surface area contributed by atoms with Crippen LogP contribution in [0, 0.1) is 11.3 Å². The second-order valence-corrected chi connectivity index (χ2v) is 3.47. The molecule has 0 aliphatic carbocycles. The van der Waals surface area contributed by atoms with Gasteiger partial charge in [-0.25, -0.2) is 0 Å². The molecule has 0 aliphatic rings. The van der Waals surface area contributed by atoms with E-state index in [9.17, 15) is 4.79 Å². The molecule has 0 saturated carbocycles. The number of esters is 1. The van der Waals surface area contributed by atoms with Crippen LogP contribution in [-0.4, -0.2) is 37.1 Å². The Hall–Kier alpha value is -1.08. The van der Waals surface area contributed by atoms with Crippen LogP contribution in [0.2, 0.25) is 0 Å². The smallest absolute Gasteiger partial charge is 0.319 e. The van der Waals surface area contributed by atoms with Crippen molar-refractivity contribution in [2.24, 2.45) is 0 Å². The van der Waals surface area contributed by atoms with E-state index in [1.54, 1.807) is 0 Å². The molecule has 0 aromatic rings. The van der Waals surface area contributed by atoms with Gasteiger partial charge in [0.15, 0.2) is 0 Å². The maximum Gasteiger partial charge on any atom is 0.319 e. The predicted molar refractivity (Wildman–Crippen MR) is 58.2 cm³/mol. The maximum atomic E-state index is 11.2. The van der Waals surface area contributed by atoms with Crippen molar-refractivity contribution < 1.29 is 9.53 Å². The number of carbonyl (C=O) groups excluding carboxylic acids is 1. The Labute approximate surface area is 91.8 Å². The molecule has 1 atom stereocenters. The van der Waals surface area contributed by atoms with E-state index < -0.39 is 0 Å². The lowest BCUT2D eigenvalue weighted by Crippen LogP contribution is -2.39. The topological polar surface area (TPSA) is 53.3 Å². The van der Waals surface area contributed by atoms with Crippen molar-refractivity contribution in [3.05, 3.63) is 0 Å². The van der Waals surface area contributed by atoms with Gasteiger partial charge in [0, 0.05) is 6.04 Å². The van der Waals surface area contributed by atoms with Crippen LogP contribution >= 0.6 is 0 Å². The number of nitrogens with zero attached hydrogens (tertiary/aromatic N) is 2. The van der Waals surface area contributed by atoms with E-state index in [1.807, 2.05) is 11.8 Å². The summed E-state index contributed by atoms with van der Waals surface area (Å²) >= 11 is 0. The average Bonchev–Trinajstić information content (AvgIpc) is 2.25. The van der Waals surface area contributed by atoms with Crippen molar-refractivity contribution in [2.75, 3.05) is 20.2 Å². The fraction of sp³-hybridized carbons (Fsp3) is 0.818. The first-order valence-electron chi connectivity index (χ1n) is 5.37. The molecule has 0 saturated heterocycles. The van der Waals surface area contributed by atoms with Crippen LogP contribution in [0.15, 0.2) is 0 Å². The SMILES string of the molecule is CCCN(CC(=O)OC)C(CC)CC#N. The van der Waals surface area contributed by atoms with Crippen molar-refractivity contribution in [3.63, 3.8) is 0 Å². The normalized spacial score (nSPS) is 12.2. The molecule has 0 heterocycles. The van der Waals surface area contributed by atoms with Gasteiger partial charge < -0.3 is 4.74 Å². The zero-order valence-electron chi connectivity index (χ0n) is 9.82. The first-order valence-corrected chi connectivity index (χ1v) is 5.37. The Morgan fingerprint density at radius 1 is 1.53 bits per heavy atom. The summed E-state index contributed by atoms with van der Waals surface area (Å²) in [7, 11) is 1.39. The van der Waals surface area contributed by atoms with E-state index in [2.05, 4.69) is 17.7 Å². The highest BCUT2D eigenvalue weighted by Crippen LogP contribution is 2.09. The Morgan fingerprint density at radius 2 is 2.20 bits per heavy atom. The van der Waals surface area contributed by atoms with Gasteiger partial charge in [-0.15, -0.1) is 0 Å². The van der Waals surface area contributed by atoms with Gasteiger partial charge in [0.1, 0.15) is 0 Å². The molecule has 1 unspecified atom stereocenters. The molecule has 0 fully saturated rings. The number of rotatable bonds is 7. The van der Waals surface area contributed by atoms with E-state index >= 15 is 0 Å². The molecule has 86 valence electrons. The van der Waals surface area contributed by atoms with E-state index in [1.165, 1.54) is 7.11 Å². The molecule has 0 radical (unpaired) electrons. The van der Waals surface area contributed by atoms with Crippen molar-refractivity contribution in [2.45, 2.75) is 39.2 Å². The van der Waals surface area contributed by atoms with Gasteiger partial charge in [-0.3, -0.25) is 9.69 Å². The number of carbonyl (C=O) groups is 1. The summed E-state index contributed by atoms with van der Waals surface area (Å²) in [6.45, 7) is 5.20. The fourth-order valence-electron chi connectivity index (χ4n) is 1.55. The lowest BCUT2D eigenvalue weighted by molar-refractivity contribution is -0.142. The molecular weight excluding hydrogens is 192 g/mol. The van der Waals surface area contributed by atoms with Gasteiger partial charge in [0.2, 0.25) is 0 Å². The third-order valence-electron chi connectivity index (χ3n) is 2.39. The van der Waals surface area contributed by atoms with Gasteiger partial charge >= 0.3 is 5.97 Å². The van der Waals surface area contributed by atoms with Crippen molar-refractivity contribution in [1.29, 1.82) is 5.26 Å². The summed E-state index contributed by atoms with van der Waals surface area (Å²) in [6, 6.07) is 2.32. The van der Waals surface area contributed by atoms with Gasteiger partial charge in [0.05, 0.1) is 26.1 Å². The number of methoxy groups -OCH3 is 1. The number of nitriles is 1. The van der Waals surface area contributed by atoms with E-state index in [0.29, 0.717) is 6.42 Å². The summed E-state index contributed by atoms with van der Waals surface area (Å²) < 4.78 is 4.64. The summed E-state index contributed by atoms with van der Waals surface area (Å²) in [5, 5.41) is 8.68. The van der Waals surface area contributed by atoms with E-state index in [0.717, 1.165) is 19.4 Å². The highest BCUT2D eigenvalue weighted by atomic mass is 16.5. The van der Waals surface area contributed by atoms with Crippen LogP contribution in [0.4, 0.5) is 0 Å². The highest BCUT2D eigenvalue weighted by molar-refractivity contribution is 5.71. The largest absolute Gasteiger partial charge is 0.468 e. The molecule has 0 aromatic heterocycles. The maximum absolute atomic E-state index is 11.2. The molecule has 0 N–H and O–H groups in total. The first-order chi connectivity index (χ1) is 7.19. The Balaban J connectivity index is 4.33. The van der Waals surface area contributed by atoms with E-state index in [4.69, 9.17) is 5.26 Å². The second-order valence-electron chi connectivity index (χ2n) is 3.47. The standard InChI is InChI=1S/C11H20N2O2/c1-4-8-13(9-11(14)15-3)10(5-2)6-7-12/h10H,4-6,8-9H2,1-3H3. The van der Waals surface area contributed by atoms with E-state index in [-0.39, 0.29) is 18.6 Å². The van der Waals surface area contributed by atoms with Gasteiger partial charge in [0.25, 0.3) is 0 Å². The molecule has 0 rings (SSSR count). The molecule has 4 nitrogen and oxygen atoms in total.